The second-order valence-corrected chi connectivity index (χ2v) is 4.40. The highest BCUT2D eigenvalue weighted by atomic mass is 35.5. The zero-order valence-electron chi connectivity index (χ0n) is 10.2. The molecule has 5 heteroatoms. The average Bonchev–Trinajstić information content (AvgIpc) is 2.86. The molecule has 0 spiro atoms. The number of aromatic nitrogens is 2. The number of aryl methyl sites for hydroxylation is 2. The Labute approximate surface area is 110 Å². The molecule has 0 N–H and O–H groups in total. The second-order valence-electron chi connectivity index (χ2n) is 4.02. The third-order valence-corrected chi connectivity index (χ3v) is 3.16. The summed E-state index contributed by atoms with van der Waals surface area (Å²) in [6, 6.07) is 3.63. The highest BCUT2D eigenvalue weighted by Gasteiger charge is 2.07. The van der Waals surface area contributed by atoms with Crippen LogP contribution < -0.4 is 4.74 Å². The van der Waals surface area contributed by atoms with Gasteiger partial charge in [0, 0.05) is 17.4 Å². The van der Waals surface area contributed by atoms with E-state index in [1.54, 1.807) is 12.4 Å². The molecule has 0 aliphatic carbocycles. The number of hydrogen-bond acceptors (Lipinski definition) is 3. The highest BCUT2D eigenvalue weighted by Crippen LogP contribution is 2.25. The van der Waals surface area contributed by atoms with Crippen molar-refractivity contribution in [3.63, 3.8) is 0 Å². The first kappa shape index (κ1) is 12.6. The number of carbonyl (C=O) groups excluding carboxylic acids is 1. The molecule has 0 amide bonds. The van der Waals surface area contributed by atoms with Crippen molar-refractivity contribution in [2.45, 2.75) is 13.8 Å². The number of hydrogen-bond donors (Lipinski definition) is 0. The molecule has 0 fully saturated rings. The summed E-state index contributed by atoms with van der Waals surface area (Å²) in [5.41, 5.74) is 1.86. The average molecular weight is 265 g/mol. The van der Waals surface area contributed by atoms with E-state index in [2.05, 4.69) is 4.98 Å². The van der Waals surface area contributed by atoms with Gasteiger partial charge in [-0.3, -0.25) is 9.36 Å². The fourth-order valence-corrected chi connectivity index (χ4v) is 1.72. The van der Waals surface area contributed by atoms with Crippen LogP contribution >= 0.6 is 11.6 Å². The van der Waals surface area contributed by atoms with E-state index in [1.807, 2.05) is 26.0 Å². The molecule has 0 saturated heterocycles. The first-order chi connectivity index (χ1) is 8.58. The molecule has 4 nitrogen and oxygen atoms in total. The molecule has 2 rings (SSSR count). The predicted octanol–water partition coefficient (Wildman–Crippen LogP) is 2.87. The quantitative estimate of drug-likeness (QED) is 0.856. The maximum atomic E-state index is 11.7. The van der Waals surface area contributed by atoms with E-state index in [9.17, 15) is 4.79 Å². The number of carbonyl (C=O) groups is 1. The Morgan fingerprint density at radius 2 is 2.06 bits per heavy atom. The fourth-order valence-electron chi connectivity index (χ4n) is 1.62. The molecule has 0 aliphatic heterocycles. The van der Waals surface area contributed by atoms with Gasteiger partial charge in [0.25, 0.3) is 5.91 Å². The highest BCUT2D eigenvalue weighted by molar-refractivity contribution is 6.32. The SMILES string of the molecule is Cc1cc(OCC(=O)n2ccnc2)cc(C)c1Cl. The Morgan fingerprint density at radius 3 is 2.61 bits per heavy atom. The van der Waals surface area contributed by atoms with Crippen LogP contribution in [0.15, 0.2) is 30.9 Å². The van der Waals surface area contributed by atoms with Crippen molar-refractivity contribution in [1.29, 1.82) is 0 Å². The van der Waals surface area contributed by atoms with E-state index >= 15 is 0 Å². The number of benzene rings is 1. The van der Waals surface area contributed by atoms with Crippen LogP contribution in [-0.4, -0.2) is 22.1 Å². The van der Waals surface area contributed by atoms with Crippen molar-refractivity contribution < 1.29 is 9.53 Å². The smallest absolute Gasteiger partial charge is 0.269 e. The minimum Gasteiger partial charge on any atom is -0.484 e. The van der Waals surface area contributed by atoms with E-state index in [0.29, 0.717) is 5.75 Å². The van der Waals surface area contributed by atoms with Gasteiger partial charge in [-0.15, -0.1) is 0 Å². The van der Waals surface area contributed by atoms with Gasteiger partial charge in [0.2, 0.25) is 0 Å². The molecule has 0 aliphatic rings. The molecule has 1 heterocycles. The van der Waals surface area contributed by atoms with Crippen molar-refractivity contribution in [2.24, 2.45) is 0 Å². The first-order valence-electron chi connectivity index (χ1n) is 5.48. The summed E-state index contributed by atoms with van der Waals surface area (Å²) in [5, 5.41) is 0.725. The van der Waals surface area contributed by atoms with Crippen molar-refractivity contribution >= 4 is 17.5 Å². The molecule has 0 bridgehead atoms. The summed E-state index contributed by atoms with van der Waals surface area (Å²) in [4.78, 5) is 15.5. The van der Waals surface area contributed by atoms with E-state index in [0.717, 1.165) is 16.1 Å². The summed E-state index contributed by atoms with van der Waals surface area (Å²) in [5.74, 6) is 0.473. The van der Waals surface area contributed by atoms with Gasteiger partial charge in [0.1, 0.15) is 12.1 Å². The summed E-state index contributed by atoms with van der Waals surface area (Å²) >= 11 is 6.06. The van der Waals surface area contributed by atoms with E-state index in [1.165, 1.54) is 10.9 Å². The summed E-state index contributed by atoms with van der Waals surface area (Å²) < 4.78 is 6.84. The van der Waals surface area contributed by atoms with Crippen molar-refractivity contribution in [3.05, 3.63) is 47.0 Å². The maximum Gasteiger partial charge on any atom is 0.269 e. The molecule has 94 valence electrons. The van der Waals surface area contributed by atoms with E-state index in [-0.39, 0.29) is 12.5 Å². The minimum atomic E-state index is -0.169. The molecule has 1 aromatic heterocycles. The molecule has 2 aromatic rings. The van der Waals surface area contributed by atoms with Crippen LogP contribution in [0, 0.1) is 13.8 Å². The van der Waals surface area contributed by atoms with Crippen LogP contribution in [0.25, 0.3) is 0 Å². The molecule has 0 unspecified atom stereocenters. The fraction of sp³-hybridized carbons (Fsp3) is 0.231. The lowest BCUT2D eigenvalue weighted by Crippen LogP contribution is -2.17. The molecule has 0 atom stereocenters. The van der Waals surface area contributed by atoms with Gasteiger partial charge in [0.15, 0.2) is 6.61 Å². The van der Waals surface area contributed by atoms with Crippen molar-refractivity contribution in [1.82, 2.24) is 9.55 Å². The predicted molar refractivity (Wildman–Crippen MR) is 69.3 cm³/mol. The second kappa shape index (κ2) is 5.23. The largest absolute Gasteiger partial charge is 0.484 e. The number of rotatable bonds is 3. The van der Waals surface area contributed by atoms with Gasteiger partial charge >= 0.3 is 0 Å². The Kier molecular flexibility index (Phi) is 3.67. The molecular weight excluding hydrogens is 252 g/mol. The molecule has 0 saturated carbocycles. The minimum absolute atomic E-state index is 0.0309. The zero-order chi connectivity index (χ0) is 13.1. The first-order valence-corrected chi connectivity index (χ1v) is 5.86. The van der Waals surface area contributed by atoms with Crippen LogP contribution in [0.1, 0.15) is 15.9 Å². The molecule has 0 radical (unpaired) electrons. The van der Waals surface area contributed by atoms with Gasteiger partial charge in [-0.05, 0) is 37.1 Å². The number of ether oxygens (including phenoxy) is 1. The Morgan fingerprint density at radius 1 is 1.39 bits per heavy atom. The standard InChI is InChI=1S/C13H13ClN2O2/c1-9-5-11(6-10(2)13(9)14)18-7-12(17)16-4-3-15-8-16/h3-6,8H,7H2,1-2H3. The molecule has 1 aromatic carbocycles. The number of nitrogens with zero attached hydrogens (tertiary/aromatic N) is 2. The summed E-state index contributed by atoms with van der Waals surface area (Å²) in [6.07, 6.45) is 4.59. The monoisotopic (exact) mass is 264 g/mol. The van der Waals surface area contributed by atoms with Crippen LogP contribution in [-0.2, 0) is 0 Å². The lowest BCUT2D eigenvalue weighted by Gasteiger charge is -2.09. The van der Waals surface area contributed by atoms with Crippen LogP contribution in [0.5, 0.6) is 5.75 Å². The number of halogens is 1. The van der Waals surface area contributed by atoms with E-state index in [4.69, 9.17) is 16.3 Å². The van der Waals surface area contributed by atoms with Crippen molar-refractivity contribution in [2.75, 3.05) is 6.61 Å². The Bertz CT molecular complexity index is 541. The Hall–Kier alpha value is -1.81. The number of imidazole rings is 1. The zero-order valence-corrected chi connectivity index (χ0v) is 10.9. The van der Waals surface area contributed by atoms with Gasteiger partial charge in [-0.25, -0.2) is 4.98 Å². The lowest BCUT2D eigenvalue weighted by atomic mass is 10.1. The Balaban J connectivity index is 2.05. The van der Waals surface area contributed by atoms with Gasteiger partial charge < -0.3 is 4.74 Å². The van der Waals surface area contributed by atoms with Crippen LogP contribution in [0.3, 0.4) is 0 Å². The van der Waals surface area contributed by atoms with Crippen molar-refractivity contribution in [3.8, 4) is 5.75 Å². The van der Waals surface area contributed by atoms with Crippen LogP contribution in [0.4, 0.5) is 0 Å². The van der Waals surface area contributed by atoms with Crippen LogP contribution in [0.2, 0.25) is 5.02 Å². The molecule has 18 heavy (non-hydrogen) atoms. The van der Waals surface area contributed by atoms with Gasteiger partial charge in [-0.1, -0.05) is 11.6 Å². The van der Waals surface area contributed by atoms with Gasteiger partial charge in [0.05, 0.1) is 0 Å². The summed E-state index contributed by atoms with van der Waals surface area (Å²) in [7, 11) is 0. The maximum absolute atomic E-state index is 11.7. The lowest BCUT2D eigenvalue weighted by molar-refractivity contribution is 0.0837. The normalized spacial score (nSPS) is 10.4. The van der Waals surface area contributed by atoms with Gasteiger partial charge in [-0.2, -0.15) is 0 Å². The summed E-state index contributed by atoms with van der Waals surface area (Å²) in [6.45, 7) is 3.77. The molecular formula is C13H13ClN2O2. The topological polar surface area (TPSA) is 44.1 Å². The third kappa shape index (κ3) is 2.71. The van der Waals surface area contributed by atoms with E-state index < -0.39 is 0 Å². The third-order valence-electron chi connectivity index (χ3n) is 2.56.